The molecule has 1 aliphatic heterocycles. The molecule has 1 rings (SSSR count). The number of aliphatic hydroxyl groups excluding tert-OH is 1. The highest BCUT2D eigenvalue weighted by Crippen LogP contribution is 2.22. The van der Waals surface area contributed by atoms with Crippen LogP contribution < -0.4 is 10.6 Å². The Morgan fingerprint density at radius 2 is 2.11 bits per heavy atom. The largest absolute Gasteiger partial charge is 0.480 e. The van der Waals surface area contributed by atoms with E-state index in [9.17, 15) is 14.7 Å². The van der Waals surface area contributed by atoms with E-state index in [-0.39, 0.29) is 11.8 Å². The van der Waals surface area contributed by atoms with Crippen molar-refractivity contribution in [1.82, 2.24) is 10.6 Å². The molecule has 1 fully saturated rings. The minimum atomic E-state index is -1.23. The van der Waals surface area contributed by atoms with E-state index >= 15 is 0 Å². The van der Waals surface area contributed by atoms with Crippen LogP contribution in [0, 0.1) is 11.8 Å². The van der Waals surface area contributed by atoms with Gasteiger partial charge in [0.25, 0.3) is 0 Å². The van der Waals surface area contributed by atoms with Gasteiger partial charge >= 0.3 is 5.97 Å². The van der Waals surface area contributed by atoms with Crippen LogP contribution in [0.5, 0.6) is 0 Å². The van der Waals surface area contributed by atoms with E-state index < -0.39 is 18.1 Å². The van der Waals surface area contributed by atoms with E-state index in [1.165, 1.54) is 6.92 Å². The number of carboxylic acid groups (broad SMARTS) is 1. The fourth-order valence-electron chi connectivity index (χ4n) is 2.44. The van der Waals surface area contributed by atoms with Gasteiger partial charge in [0, 0.05) is 6.42 Å². The second kappa shape index (κ2) is 7.45. The van der Waals surface area contributed by atoms with Crippen LogP contribution in [-0.2, 0) is 9.59 Å². The summed E-state index contributed by atoms with van der Waals surface area (Å²) < 4.78 is 0. The number of carbonyl (C=O) groups excluding carboxylic acids is 1. The monoisotopic (exact) mass is 272 g/mol. The maximum atomic E-state index is 11.8. The van der Waals surface area contributed by atoms with Crippen molar-refractivity contribution in [2.75, 3.05) is 13.1 Å². The molecule has 0 radical (unpaired) electrons. The SMILES string of the molecule is CC(O)C(NC(=O)CC(C)C1CCCNC1)C(=O)O. The van der Waals surface area contributed by atoms with Crippen LogP contribution >= 0.6 is 0 Å². The maximum absolute atomic E-state index is 11.8. The van der Waals surface area contributed by atoms with Gasteiger partial charge in [-0.25, -0.2) is 4.79 Å². The van der Waals surface area contributed by atoms with E-state index in [1.807, 2.05) is 6.92 Å². The Bertz CT molecular complexity index is 314. The summed E-state index contributed by atoms with van der Waals surface area (Å²) in [5, 5.41) is 23.9. The molecule has 0 bridgehead atoms. The number of amides is 1. The second-order valence-corrected chi connectivity index (χ2v) is 5.41. The van der Waals surface area contributed by atoms with Crippen LogP contribution in [0.15, 0.2) is 0 Å². The van der Waals surface area contributed by atoms with Crippen molar-refractivity contribution in [2.45, 2.75) is 45.3 Å². The number of hydrogen-bond acceptors (Lipinski definition) is 4. The van der Waals surface area contributed by atoms with Gasteiger partial charge in [0.2, 0.25) is 5.91 Å². The molecule has 4 N–H and O–H groups in total. The van der Waals surface area contributed by atoms with Gasteiger partial charge in [0.05, 0.1) is 6.10 Å². The van der Waals surface area contributed by atoms with Crippen LogP contribution in [0.1, 0.15) is 33.1 Å². The Balaban J connectivity index is 2.42. The topological polar surface area (TPSA) is 98.7 Å². The smallest absolute Gasteiger partial charge is 0.328 e. The molecule has 0 spiro atoms. The number of rotatable bonds is 6. The van der Waals surface area contributed by atoms with Gasteiger partial charge in [-0.1, -0.05) is 6.92 Å². The number of nitrogens with one attached hydrogen (secondary N) is 2. The van der Waals surface area contributed by atoms with Crippen molar-refractivity contribution in [3.8, 4) is 0 Å². The zero-order chi connectivity index (χ0) is 14.4. The molecule has 4 unspecified atom stereocenters. The van der Waals surface area contributed by atoms with Crippen LogP contribution in [0.2, 0.25) is 0 Å². The van der Waals surface area contributed by atoms with Crippen LogP contribution in [0.25, 0.3) is 0 Å². The summed E-state index contributed by atoms with van der Waals surface area (Å²) in [5.41, 5.74) is 0. The fraction of sp³-hybridized carbons (Fsp3) is 0.846. The van der Waals surface area contributed by atoms with Gasteiger partial charge in [-0.15, -0.1) is 0 Å². The normalized spacial score (nSPS) is 24.3. The van der Waals surface area contributed by atoms with Crippen molar-refractivity contribution >= 4 is 11.9 Å². The molecule has 1 saturated heterocycles. The van der Waals surface area contributed by atoms with Gasteiger partial charge in [0.1, 0.15) is 0 Å². The number of aliphatic carboxylic acids is 1. The highest BCUT2D eigenvalue weighted by atomic mass is 16.4. The Labute approximate surface area is 113 Å². The number of piperidine rings is 1. The Kier molecular flexibility index (Phi) is 6.24. The molecule has 6 heteroatoms. The third-order valence-electron chi connectivity index (χ3n) is 3.71. The predicted octanol–water partition coefficient (Wildman–Crippen LogP) is -0.0376. The first kappa shape index (κ1) is 15.9. The summed E-state index contributed by atoms with van der Waals surface area (Å²) in [6.07, 6.45) is 1.40. The molecule has 19 heavy (non-hydrogen) atoms. The molecule has 1 amide bonds. The van der Waals surface area contributed by atoms with Crippen molar-refractivity contribution in [3.05, 3.63) is 0 Å². The van der Waals surface area contributed by atoms with Crippen molar-refractivity contribution < 1.29 is 19.8 Å². The summed E-state index contributed by atoms with van der Waals surface area (Å²) in [7, 11) is 0. The standard InChI is InChI=1S/C13H24N2O4/c1-8(10-4-3-5-14-7-10)6-11(17)15-12(9(2)16)13(18)19/h8-10,12,14,16H,3-7H2,1-2H3,(H,15,17)(H,18,19). The molecule has 110 valence electrons. The molecule has 0 aromatic carbocycles. The van der Waals surface area contributed by atoms with E-state index in [0.717, 1.165) is 25.9 Å². The van der Waals surface area contributed by atoms with Crippen LogP contribution in [0.3, 0.4) is 0 Å². The summed E-state index contributed by atoms with van der Waals surface area (Å²) in [6.45, 7) is 5.30. The van der Waals surface area contributed by atoms with Crippen molar-refractivity contribution in [3.63, 3.8) is 0 Å². The molecular weight excluding hydrogens is 248 g/mol. The van der Waals surface area contributed by atoms with E-state index in [2.05, 4.69) is 10.6 Å². The van der Waals surface area contributed by atoms with Gasteiger partial charge in [-0.2, -0.15) is 0 Å². The lowest BCUT2D eigenvalue weighted by molar-refractivity contribution is -0.145. The lowest BCUT2D eigenvalue weighted by atomic mass is 9.85. The average molecular weight is 272 g/mol. The quantitative estimate of drug-likeness (QED) is 0.544. The third kappa shape index (κ3) is 5.16. The summed E-state index contributed by atoms with van der Waals surface area (Å²) in [5.74, 6) is -0.868. The van der Waals surface area contributed by atoms with Crippen molar-refractivity contribution in [1.29, 1.82) is 0 Å². The Hall–Kier alpha value is -1.14. The zero-order valence-electron chi connectivity index (χ0n) is 11.6. The number of hydrogen-bond donors (Lipinski definition) is 4. The zero-order valence-corrected chi connectivity index (χ0v) is 11.6. The van der Waals surface area contributed by atoms with E-state index in [1.54, 1.807) is 0 Å². The molecule has 0 saturated carbocycles. The molecular formula is C13H24N2O4. The van der Waals surface area contributed by atoms with Gasteiger partial charge in [-0.05, 0) is 44.7 Å². The average Bonchev–Trinajstić information content (AvgIpc) is 2.36. The van der Waals surface area contributed by atoms with E-state index in [0.29, 0.717) is 12.3 Å². The highest BCUT2D eigenvalue weighted by molar-refractivity contribution is 5.84. The molecule has 0 aromatic rings. The minimum absolute atomic E-state index is 0.205. The molecule has 0 aliphatic carbocycles. The molecule has 6 nitrogen and oxygen atoms in total. The van der Waals surface area contributed by atoms with Crippen LogP contribution in [0.4, 0.5) is 0 Å². The molecule has 1 heterocycles. The first-order chi connectivity index (χ1) is 8.91. The van der Waals surface area contributed by atoms with Crippen molar-refractivity contribution in [2.24, 2.45) is 11.8 Å². The number of aliphatic hydroxyl groups is 1. The fourth-order valence-corrected chi connectivity index (χ4v) is 2.44. The predicted molar refractivity (Wildman–Crippen MR) is 70.6 cm³/mol. The number of carbonyl (C=O) groups is 2. The lowest BCUT2D eigenvalue weighted by Gasteiger charge is -2.28. The Morgan fingerprint density at radius 3 is 2.58 bits per heavy atom. The molecule has 1 aliphatic rings. The first-order valence-corrected chi connectivity index (χ1v) is 6.82. The maximum Gasteiger partial charge on any atom is 0.328 e. The molecule has 4 atom stereocenters. The number of carboxylic acids is 1. The Morgan fingerprint density at radius 1 is 1.42 bits per heavy atom. The van der Waals surface area contributed by atoms with Gasteiger partial charge in [0.15, 0.2) is 6.04 Å². The highest BCUT2D eigenvalue weighted by Gasteiger charge is 2.27. The lowest BCUT2D eigenvalue weighted by Crippen LogP contribution is -2.48. The first-order valence-electron chi connectivity index (χ1n) is 6.82. The minimum Gasteiger partial charge on any atom is -0.480 e. The van der Waals surface area contributed by atoms with Crippen LogP contribution in [-0.4, -0.2) is 47.3 Å². The van der Waals surface area contributed by atoms with Gasteiger partial charge in [-0.3, -0.25) is 4.79 Å². The van der Waals surface area contributed by atoms with Gasteiger partial charge < -0.3 is 20.8 Å². The molecule has 0 aromatic heterocycles. The summed E-state index contributed by atoms with van der Waals surface area (Å²) >= 11 is 0. The second-order valence-electron chi connectivity index (χ2n) is 5.41. The summed E-state index contributed by atoms with van der Waals surface area (Å²) in [6, 6.07) is -1.23. The summed E-state index contributed by atoms with van der Waals surface area (Å²) in [4.78, 5) is 22.7. The van der Waals surface area contributed by atoms with E-state index in [4.69, 9.17) is 5.11 Å². The third-order valence-corrected chi connectivity index (χ3v) is 3.71.